The van der Waals surface area contributed by atoms with Crippen LogP contribution in [0.3, 0.4) is 0 Å². The second-order valence-corrected chi connectivity index (χ2v) is 17.2. The van der Waals surface area contributed by atoms with E-state index in [1.54, 1.807) is 0 Å². The number of furan rings is 1. The molecule has 2 N–H and O–H groups in total. The Morgan fingerprint density at radius 3 is 2.00 bits per heavy atom. The fraction of sp³-hybridized carbons (Fsp3) is 0.0517. The highest BCUT2D eigenvalue weighted by Gasteiger charge is 2.29. The third-order valence-corrected chi connectivity index (χ3v) is 13.6. The molecule has 3 aromatic heterocycles. The van der Waals surface area contributed by atoms with E-state index in [4.69, 9.17) is 9.41 Å². The molecule has 0 saturated carbocycles. The van der Waals surface area contributed by atoms with Crippen molar-refractivity contribution in [3.8, 4) is 5.69 Å². The van der Waals surface area contributed by atoms with Gasteiger partial charge in [0, 0.05) is 67.3 Å². The molecular weight excluding hydrogens is 783 g/mol. The number of rotatable bonds is 5. The molecule has 0 amide bonds. The van der Waals surface area contributed by atoms with Crippen molar-refractivity contribution in [3.63, 3.8) is 0 Å². The molecule has 302 valence electrons. The van der Waals surface area contributed by atoms with E-state index in [9.17, 15) is 0 Å². The summed E-state index contributed by atoms with van der Waals surface area (Å²) >= 11 is 0. The summed E-state index contributed by atoms with van der Waals surface area (Å²) in [6.07, 6.45) is 7.00. The van der Waals surface area contributed by atoms with Gasteiger partial charge >= 0.3 is 0 Å². The van der Waals surface area contributed by atoms with Crippen LogP contribution in [0.1, 0.15) is 35.4 Å². The lowest BCUT2D eigenvalue weighted by molar-refractivity contribution is 0.411. The molecule has 0 spiro atoms. The van der Waals surface area contributed by atoms with Gasteiger partial charge in [0.2, 0.25) is 0 Å². The van der Waals surface area contributed by atoms with Crippen molar-refractivity contribution >= 4 is 98.6 Å². The van der Waals surface area contributed by atoms with Gasteiger partial charge < -0.3 is 18.9 Å². The minimum atomic E-state index is -0.293. The molecule has 9 aromatic carbocycles. The standard InChI is InChI=1S/C58H39N5O/c1-3-14-37-30-39(26-24-35(37)12-1)56-59-57(40-27-25-36-13-2-4-15-38(36)31-40)61-58(60-56)46-20-11-23-53-55(46)45-29-28-42(32-54(45)64-53)63-50-22-10-8-19-44(50)48-33-47-43-18-7-9-21-49(43)62(41-16-5-6-17-41)51(47)34-52(48)63/h1-16,18-34,56,58,60H,17H2,(H,59,61). The predicted molar refractivity (Wildman–Crippen MR) is 265 cm³/mol. The summed E-state index contributed by atoms with van der Waals surface area (Å²) in [6.45, 7) is 0. The first-order chi connectivity index (χ1) is 31.7. The number of amidine groups is 1. The molecule has 6 nitrogen and oxygen atoms in total. The Bertz CT molecular complexity index is 4030. The van der Waals surface area contributed by atoms with Crippen molar-refractivity contribution in [1.82, 2.24) is 19.8 Å². The van der Waals surface area contributed by atoms with Gasteiger partial charge in [0.25, 0.3) is 0 Å². The van der Waals surface area contributed by atoms with Gasteiger partial charge in [-0.25, -0.2) is 4.99 Å². The topological polar surface area (TPSA) is 59.4 Å². The van der Waals surface area contributed by atoms with E-state index in [-0.39, 0.29) is 12.3 Å². The van der Waals surface area contributed by atoms with E-state index in [1.807, 2.05) is 0 Å². The molecule has 2 unspecified atom stereocenters. The quantitative estimate of drug-likeness (QED) is 0.182. The minimum absolute atomic E-state index is 0.267. The van der Waals surface area contributed by atoms with Crippen LogP contribution >= 0.6 is 0 Å². The highest BCUT2D eigenvalue weighted by Crippen LogP contribution is 2.42. The van der Waals surface area contributed by atoms with E-state index in [1.165, 1.54) is 59.8 Å². The molecule has 14 rings (SSSR count). The molecule has 2 atom stereocenters. The maximum atomic E-state index is 6.85. The van der Waals surface area contributed by atoms with Gasteiger partial charge in [-0.1, -0.05) is 133 Å². The zero-order valence-corrected chi connectivity index (χ0v) is 34.7. The number of aromatic nitrogens is 2. The molecule has 12 aromatic rings. The van der Waals surface area contributed by atoms with Crippen LogP contribution in [-0.2, 0) is 0 Å². The molecule has 1 aliphatic heterocycles. The highest BCUT2D eigenvalue weighted by molar-refractivity contribution is 6.20. The summed E-state index contributed by atoms with van der Waals surface area (Å²) in [5.74, 6) is 0.847. The Hall–Kier alpha value is -8.19. The maximum absolute atomic E-state index is 6.85. The van der Waals surface area contributed by atoms with Crippen LogP contribution in [0.25, 0.3) is 98.5 Å². The number of para-hydroxylation sites is 2. The van der Waals surface area contributed by atoms with Gasteiger partial charge in [0.1, 0.15) is 29.3 Å². The monoisotopic (exact) mass is 821 g/mol. The van der Waals surface area contributed by atoms with Gasteiger partial charge in [0.05, 0.1) is 22.1 Å². The summed E-state index contributed by atoms with van der Waals surface area (Å²) < 4.78 is 11.7. The van der Waals surface area contributed by atoms with Gasteiger partial charge in [-0.2, -0.15) is 0 Å². The molecule has 0 saturated heterocycles. The molecular formula is C58H39N5O. The van der Waals surface area contributed by atoms with Crippen molar-refractivity contribution in [2.45, 2.75) is 18.8 Å². The van der Waals surface area contributed by atoms with Crippen LogP contribution in [0.2, 0.25) is 0 Å². The van der Waals surface area contributed by atoms with Crippen molar-refractivity contribution in [2.24, 2.45) is 4.99 Å². The van der Waals surface area contributed by atoms with Crippen molar-refractivity contribution in [1.29, 1.82) is 0 Å². The summed E-state index contributed by atoms with van der Waals surface area (Å²) in [4.78, 5) is 5.35. The van der Waals surface area contributed by atoms with Gasteiger partial charge in [-0.15, -0.1) is 0 Å². The number of fused-ring (bicyclic) bond motifs is 11. The van der Waals surface area contributed by atoms with Crippen LogP contribution < -0.4 is 10.6 Å². The first-order valence-electron chi connectivity index (χ1n) is 22.1. The van der Waals surface area contributed by atoms with E-state index >= 15 is 0 Å². The second kappa shape index (κ2) is 13.7. The molecule has 6 heteroatoms. The zero-order chi connectivity index (χ0) is 41.9. The predicted octanol–water partition coefficient (Wildman–Crippen LogP) is 14.2. The fourth-order valence-corrected chi connectivity index (χ4v) is 10.6. The van der Waals surface area contributed by atoms with Crippen molar-refractivity contribution < 1.29 is 4.42 Å². The first kappa shape index (κ1) is 35.4. The summed E-state index contributed by atoms with van der Waals surface area (Å²) in [5.41, 5.74) is 12.1. The molecule has 2 aliphatic rings. The smallest absolute Gasteiger partial charge is 0.137 e. The Labute approximate surface area is 367 Å². The number of hydrogen-bond donors (Lipinski definition) is 2. The van der Waals surface area contributed by atoms with Crippen LogP contribution in [0.5, 0.6) is 0 Å². The average molecular weight is 822 g/mol. The Balaban J connectivity index is 0.923. The SMILES string of the molecule is C1=CCC(n2c3ccccc3c3cc4c5ccccc5n(-c5ccc6c(c5)oc5cccc(C7NC(c8ccc9ccccc9c8)=NC(c8ccc9ccccc9c8)N7)c56)c4cc32)=C1. The third-order valence-electron chi connectivity index (χ3n) is 13.6. The summed E-state index contributed by atoms with van der Waals surface area (Å²) in [6, 6.07) is 65.7. The van der Waals surface area contributed by atoms with Gasteiger partial charge in [-0.05, 0) is 87.8 Å². The van der Waals surface area contributed by atoms with E-state index in [0.717, 1.165) is 67.6 Å². The lowest BCUT2D eigenvalue weighted by Crippen LogP contribution is -2.45. The Morgan fingerprint density at radius 1 is 0.516 bits per heavy atom. The number of nitrogens with one attached hydrogen (secondary N) is 2. The largest absolute Gasteiger partial charge is 0.456 e. The second-order valence-electron chi connectivity index (χ2n) is 17.2. The van der Waals surface area contributed by atoms with Crippen molar-refractivity contribution in [2.75, 3.05) is 0 Å². The van der Waals surface area contributed by atoms with Crippen LogP contribution in [0, 0.1) is 0 Å². The molecule has 0 fully saturated rings. The third kappa shape index (κ3) is 5.33. The molecule has 64 heavy (non-hydrogen) atoms. The number of nitrogens with zero attached hydrogens (tertiary/aromatic N) is 3. The van der Waals surface area contributed by atoms with Gasteiger partial charge in [0.15, 0.2) is 0 Å². The Kier molecular flexibility index (Phi) is 7.55. The minimum Gasteiger partial charge on any atom is -0.456 e. The first-order valence-corrected chi connectivity index (χ1v) is 22.1. The molecule has 0 radical (unpaired) electrons. The number of benzene rings is 9. The van der Waals surface area contributed by atoms with Gasteiger partial charge in [-0.3, -0.25) is 5.32 Å². The number of allylic oxidation sites excluding steroid dienone is 4. The van der Waals surface area contributed by atoms with Crippen LogP contribution in [0.15, 0.2) is 210 Å². The fourth-order valence-electron chi connectivity index (χ4n) is 10.6. The van der Waals surface area contributed by atoms with Crippen molar-refractivity contribution in [3.05, 3.63) is 217 Å². The van der Waals surface area contributed by atoms with Crippen LogP contribution in [0.4, 0.5) is 0 Å². The van der Waals surface area contributed by atoms with E-state index in [0.29, 0.717) is 0 Å². The number of hydrogen-bond acceptors (Lipinski definition) is 4. The summed E-state index contributed by atoms with van der Waals surface area (Å²) in [7, 11) is 0. The van der Waals surface area contributed by atoms with Crippen LogP contribution in [-0.4, -0.2) is 15.0 Å². The lowest BCUT2D eigenvalue weighted by Gasteiger charge is -2.32. The molecule has 4 heterocycles. The Morgan fingerprint density at radius 2 is 1.22 bits per heavy atom. The summed E-state index contributed by atoms with van der Waals surface area (Å²) in [5, 5.41) is 19.7. The molecule has 1 aliphatic carbocycles. The highest BCUT2D eigenvalue weighted by atomic mass is 16.3. The average Bonchev–Trinajstić information content (AvgIpc) is 4.15. The lowest BCUT2D eigenvalue weighted by atomic mass is 10.00. The molecule has 0 bridgehead atoms. The normalized spacial score (nSPS) is 16.6. The number of aliphatic imine (C=N–C) groups is 1. The zero-order valence-electron chi connectivity index (χ0n) is 34.7. The van der Waals surface area contributed by atoms with E-state index < -0.39 is 0 Å². The van der Waals surface area contributed by atoms with E-state index in [2.05, 4.69) is 220 Å². The maximum Gasteiger partial charge on any atom is 0.137 e.